The van der Waals surface area contributed by atoms with Gasteiger partial charge >= 0.3 is 0 Å². The second-order valence-electron chi connectivity index (χ2n) is 8.55. The summed E-state index contributed by atoms with van der Waals surface area (Å²) >= 11 is 0. The summed E-state index contributed by atoms with van der Waals surface area (Å²) in [5.74, 6) is 0. The Labute approximate surface area is 190 Å². The van der Waals surface area contributed by atoms with Gasteiger partial charge in [-0.15, -0.1) is 0 Å². The Balaban J connectivity index is 1.30. The molecule has 0 aromatic heterocycles. The molecule has 32 heavy (non-hydrogen) atoms. The lowest BCUT2D eigenvalue weighted by Gasteiger charge is -2.02. The second-order valence-corrected chi connectivity index (χ2v) is 8.55. The first-order valence-corrected chi connectivity index (χ1v) is 11.1. The first-order valence-electron chi connectivity index (χ1n) is 11.1. The summed E-state index contributed by atoms with van der Waals surface area (Å²) in [6.07, 6.45) is 8.72. The summed E-state index contributed by atoms with van der Waals surface area (Å²) < 4.78 is 0. The Morgan fingerprint density at radius 2 is 0.719 bits per heavy atom. The van der Waals surface area contributed by atoms with Crippen LogP contribution in [0.15, 0.2) is 97.1 Å². The van der Waals surface area contributed by atoms with Crippen LogP contribution in [0.1, 0.15) is 33.4 Å². The monoisotopic (exact) mass is 410 g/mol. The fourth-order valence-electron chi connectivity index (χ4n) is 4.08. The summed E-state index contributed by atoms with van der Waals surface area (Å²) in [6.45, 7) is 4.27. The summed E-state index contributed by atoms with van der Waals surface area (Å²) in [7, 11) is 0. The van der Waals surface area contributed by atoms with Crippen molar-refractivity contribution >= 4 is 45.8 Å². The summed E-state index contributed by atoms with van der Waals surface area (Å²) in [5, 5.41) is 5.14. The van der Waals surface area contributed by atoms with Crippen LogP contribution in [0.3, 0.4) is 0 Å². The van der Waals surface area contributed by atoms with E-state index in [0.29, 0.717) is 0 Å². The Bertz CT molecular complexity index is 1460. The van der Waals surface area contributed by atoms with Gasteiger partial charge in [-0.25, -0.2) is 0 Å². The van der Waals surface area contributed by atoms with Crippen LogP contribution in [0.4, 0.5) is 0 Å². The van der Waals surface area contributed by atoms with Crippen LogP contribution >= 0.6 is 0 Å². The number of hydrogen-bond acceptors (Lipinski definition) is 0. The smallest absolute Gasteiger partial charge is 0.0175 e. The van der Waals surface area contributed by atoms with Crippen molar-refractivity contribution in [2.75, 3.05) is 0 Å². The van der Waals surface area contributed by atoms with Gasteiger partial charge in [-0.05, 0) is 69.8 Å². The molecule has 0 aliphatic heterocycles. The largest absolute Gasteiger partial charge is 0.0587 e. The molecule has 0 amide bonds. The van der Waals surface area contributed by atoms with Crippen molar-refractivity contribution in [3.8, 4) is 0 Å². The van der Waals surface area contributed by atoms with E-state index >= 15 is 0 Å². The van der Waals surface area contributed by atoms with E-state index in [1.807, 2.05) is 0 Å². The lowest BCUT2D eigenvalue weighted by Crippen LogP contribution is -1.79. The maximum Gasteiger partial charge on any atom is -0.0175 e. The topological polar surface area (TPSA) is 0 Å². The standard InChI is InChI=1S/C32H26/c1-23-4-16-31-21-27(14-18-30(31)19-23)11-9-25-5-7-26(8-6-25)10-12-28-13-17-29-15-3-24(2)20-32(29)22-28/h3-22H,1-2H3. The third-order valence-corrected chi connectivity index (χ3v) is 5.91. The molecule has 0 aliphatic rings. The molecule has 0 saturated carbocycles. The molecule has 0 unspecified atom stereocenters. The zero-order valence-electron chi connectivity index (χ0n) is 18.5. The molecule has 0 fully saturated rings. The lowest BCUT2D eigenvalue weighted by atomic mass is 10.0. The molecule has 5 rings (SSSR count). The van der Waals surface area contributed by atoms with Gasteiger partial charge in [0.25, 0.3) is 0 Å². The first kappa shape index (κ1) is 20.0. The predicted molar refractivity (Wildman–Crippen MR) is 142 cm³/mol. The maximum atomic E-state index is 2.25. The molecule has 5 aromatic rings. The average molecular weight is 411 g/mol. The Hall–Kier alpha value is -3.90. The van der Waals surface area contributed by atoms with Gasteiger partial charge in [0.15, 0.2) is 0 Å². The van der Waals surface area contributed by atoms with Gasteiger partial charge in [-0.1, -0.05) is 120 Å². The van der Waals surface area contributed by atoms with Crippen LogP contribution in [-0.2, 0) is 0 Å². The third-order valence-electron chi connectivity index (χ3n) is 5.91. The first-order chi connectivity index (χ1) is 15.6. The quantitative estimate of drug-likeness (QED) is 0.259. The van der Waals surface area contributed by atoms with Gasteiger partial charge in [0, 0.05) is 0 Å². The molecule has 0 radical (unpaired) electrons. The van der Waals surface area contributed by atoms with Crippen LogP contribution in [0.25, 0.3) is 45.8 Å². The van der Waals surface area contributed by atoms with Crippen molar-refractivity contribution in [1.82, 2.24) is 0 Å². The molecule has 0 nitrogen and oxygen atoms in total. The third kappa shape index (κ3) is 4.55. The normalized spacial score (nSPS) is 11.8. The van der Waals surface area contributed by atoms with Crippen molar-refractivity contribution in [2.24, 2.45) is 0 Å². The van der Waals surface area contributed by atoms with Gasteiger partial charge in [-0.2, -0.15) is 0 Å². The Kier molecular flexibility index (Phi) is 5.44. The molecule has 0 N–H and O–H groups in total. The van der Waals surface area contributed by atoms with E-state index in [9.17, 15) is 0 Å². The van der Waals surface area contributed by atoms with Crippen LogP contribution in [0.2, 0.25) is 0 Å². The number of fused-ring (bicyclic) bond motifs is 2. The fraction of sp³-hybridized carbons (Fsp3) is 0.0625. The second kappa shape index (κ2) is 8.69. The number of benzene rings is 5. The van der Waals surface area contributed by atoms with E-state index in [4.69, 9.17) is 0 Å². The number of rotatable bonds is 4. The minimum Gasteiger partial charge on any atom is -0.0587 e. The SMILES string of the molecule is Cc1ccc2cc(C=Cc3ccc(C=Cc4ccc5ccc(C)cc5c4)cc3)ccc2c1. The highest BCUT2D eigenvalue weighted by molar-refractivity contribution is 5.87. The molecule has 0 saturated heterocycles. The molecule has 5 aromatic carbocycles. The molecule has 0 spiro atoms. The van der Waals surface area contributed by atoms with Crippen molar-refractivity contribution in [3.63, 3.8) is 0 Å². The fourth-order valence-corrected chi connectivity index (χ4v) is 4.08. The molecule has 0 bridgehead atoms. The van der Waals surface area contributed by atoms with E-state index in [0.717, 1.165) is 0 Å². The van der Waals surface area contributed by atoms with E-state index in [1.165, 1.54) is 54.9 Å². The highest BCUT2D eigenvalue weighted by Gasteiger charge is 1.97. The molecule has 154 valence electrons. The summed E-state index contributed by atoms with van der Waals surface area (Å²) in [5.41, 5.74) is 7.43. The molecular weight excluding hydrogens is 384 g/mol. The average Bonchev–Trinajstić information content (AvgIpc) is 2.81. The zero-order chi connectivity index (χ0) is 21.9. The van der Waals surface area contributed by atoms with Gasteiger partial charge in [0.1, 0.15) is 0 Å². The molecule has 0 heterocycles. The van der Waals surface area contributed by atoms with Gasteiger partial charge in [0.05, 0.1) is 0 Å². The lowest BCUT2D eigenvalue weighted by molar-refractivity contribution is 1.50. The molecule has 0 heteroatoms. The van der Waals surface area contributed by atoms with E-state index in [1.54, 1.807) is 0 Å². The van der Waals surface area contributed by atoms with Crippen LogP contribution in [-0.4, -0.2) is 0 Å². The minimum absolute atomic E-state index is 1.20. The number of hydrogen-bond donors (Lipinski definition) is 0. The predicted octanol–water partition coefficient (Wildman–Crippen LogP) is 8.95. The van der Waals surface area contributed by atoms with Gasteiger partial charge in [-0.3, -0.25) is 0 Å². The Morgan fingerprint density at radius 3 is 1.34 bits per heavy atom. The highest BCUT2D eigenvalue weighted by atomic mass is 14.0. The van der Waals surface area contributed by atoms with Crippen LogP contribution < -0.4 is 0 Å². The van der Waals surface area contributed by atoms with Crippen molar-refractivity contribution in [3.05, 3.63) is 130 Å². The van der Waals surface area contributed by atoms with Crippen molar-refractivity contribution in [1.29, 1.82) is 0 Å². The Morgan fingerprint density at radius 1 is 0.344 bits per heavy atom. The van der Waals surface area contributed by atoms with E-state index < -0.39 is 0 Å². The summed E-state index contributed by atoms with van der Waals surface area (Å²) in [4.78, 5) is 0. The van der Waals surface area contributed by atoms with Crippen LogP contribution in [0.5, 0.6) is 0 Å². The highest BCUT2D eigenvalue weighted by Crippen LogP contribution is 2.21. The van der Waals surface area contributed by atoms with Crippen LogP contribution in [0, 0.1) is 13.8 Å². The van der Waals surface area contributed by atoms with Gasteiger partial charge < -0.3 is 0 Å². The number of aryl methyl sites for hydroxylation is 2. The van der Waals surface area contributed by atoms with Gasteiger partial charge in [0.2, 0.25) is 0 Å². The zero-order valence-corrected chi connectivity index (χ0v) is 18.5. The van der Waals surface area contributed by atoms with E-state index in [2.05, 4.69) is 135 Å². The van der Waals surface area contributed by atoms with Crippen molar-refractivity contribution < 1.29 is 0 Å². The molecule has 0 aliphatic carbocycles. The summed E-state index contributed by atoms with van der Waals surface area (Å²) in [6, 6.07) is 35.1. The maximum absolute atomic E-state index is 2.25. The molecular formula is C32H26. The van der Waals surface area contributed by atoms with Crippen molar-refractivity contribution in [2.45, 2.75) is 13.8 Å². The van der Waals surface area contributed by atoms with E-state index in [-0.39, 0.29) is 0 Å². The molecule has 0 atom stereocenters. The minimum atomic E-state index is 1.20.